The first kappa shape index (κ1) is 13.4. The van der Waals surface area contributed by atoms with Gasteiger partial charge in [-0.3, -0.25) is 4.90 Å². The van der Waals surface area contributed by atoms with Crippen molar-refractivity contribution in [1.82, 2.24) is 14.5 Å². The van der Waals surface area contributed by atoms with E-state index in [-0.39, 0.29) is 0 Å². The lowest BCUT2D eigenvalue weighted by molar-refractivity contribution is 0.264. The molecule has 92 valence electrons. The first-order valence-corrected chi connectivity index (χ1v) is 6.86. The zero-order valence-electron chi connectivity index (χ0n) is 10.5. The van der Waals surface area contributed by atoms with Crippen LogP contribution in [-0.4, -0.2) is 34.1 Å². The third-order valence-electron chi connectivity index (χ3n) is 2.35. The molecule has 16 heavy (non-hydrogen) atoms. The van der Waals surface area contributed by atoms with E-state index in [0.717, 1.165) is 36.9 Å². The van der Waals surface area contributed by atoms with Crippen molar-refractivity contribution in [3.8, 4) is 0 Å². The summed E-state index contributed by atoms with van der Waals surface area (Å²) in [6.45, 7) is 10.6. The highest BCUT2D eigenvalue weighted by Crippen LogP contribution is 2.19. The molecule has 0 bridgehead atoms. The van der Waals surface area contributed by atoms with Gasteiger partial charge in [-0.25, -0.2) is 0 Å². The number of rotatable bonds is 8. The topological polar surface area (TPSA) is 41.1 Å². The highest BCUT2D eigenvalue weighted by Gasteiger charge is 2.11. The smallest absolute Gasteiger partial charge is 0.134 e. The van der Waals surface area contributed by atoms with Crippen LogP contribution in [0.5, 0.6) is 0 Å². The van der Waals surface area contributed by atoms with E-state index in [1.54, 1.807) is 0 Å². The van der Waals surface area contributed by atoms with Gasteiger partial charge in [-0.15, -0.1) is 5.10 Å². The summed E-state index contributed by atoms with van der Waals surface area (Å²) in [6, 6.07) is 0. The quantitative estimate of drug-likeness (QED) is 0.761. The van der Waals surface area contributed by atoms with Crippen LogP contribution >= 0.6 is 11.5 Å². The maximum Gasteiger partial charge on any atom is 0.134 e. The second kappa shape index (κ2) is 7.57. The van der Waals surface area contributed by atoms with Crippen LogP contribution in [0.2, 0.25) is 0 Å². The van der Waals surface area contributed by atoms with E-state index >= 15 is 0 Å². The molecule has 0 atom stereocenters. The maximum absolute atomic E-state index is 4.20. The van der Waals surface area contributed by atoms with Crippen LogP contribution in [0.1, 0.15) is 39.3 Å². The van der Waals surface area contributed by atoms with Gasteiger partial charge in [0.05, 0.1) is 0 Å². The van der Waals surface area contributed by atoms with Gasteiger partial charge in [0.15, 0.2) is 0 Å². The second-order valence-corrected chi connectivity index (χ2v) is 4.61. The third-order valence-corrected chi connectivity index (χ3v) is 3.07. The van der Waals surface area contributed by atoms with Crippen LogP contribution in [0.25, 0.3) is 0 Å². The molecule has 0 saturated heterocycles. The molecule has 0 saturated carbocycles. The number of anilines is 1. The highest BCUT2D eigenvalue weighted by atomic mass is 32.1. The SMILES string of the molecule is CCCN(CCC)Cc1nnsc1NCC. The van der Waals surface area contributed by atoms with Crippen LogP contribution < -0.4 is 5.32 Å². The number of nitrogens with zero attached hydrogens (tertiary/aromatic N) is 3. The van der Waals surface area contributed by atoms with Gasteiger partial charge >= 0.3 is 0 Å². The van der Waals surface area contributed by atoms with Gasteiger partial charge in [0, 0.05) is 24.6 Å². The molecule has 1 aromatic heterocycles. The van der Waals surface area contributed by atoms with Crippen molar-refractivity contribution < 1.29 is 0 Å². The minimum atomic E-state index is 0.917. The van der Waals surface area contributed by atoms with Gasteiger partial charge in [0.1, 0.15) is 10.7 Å². The minimum absolute atomic E-state index is 0.917. The molecule has 0 radical (unpaired) electrons. The van der Waals surface area contributed by atoms with Crippen molar-refractivity contribution in [3.63, 3.8) is 0 Å². The maximum atomic E-state index is 4.20. The fourth-order valence-corrected chi connectivity index (χ4v) is 2.36. The fourth-order valence-electron chi connectivity index (χ4n) is 1.72. The van der Waals surface area contributed by atoms with Crippen molar-refractivity contribution in [2.75, 3.05) is 25.0 Å². The predicted molar refractivity (Wildman–Crippen MR) is 69.9 cm³/mol. The summed E-state index contributed by atoms with van der Waals surface area (Å²) in [5.41, 5.74) is 1.09. The Kier molecular flexibility index (Phi) is 6.33. The van der Waals surface area contributed by atoms with E-state index in [0.29, 0.717) is 0 Å². The summed E-state index contributed by atoms with van der Waals surface area (Å²) in [6.07, 6.45) is 2.38. The molecule has 0 unspecified atom stereocenters. The van der Waals surface area contributed by atoms with E-state index in [4.69, 9.17) is 0 Å². The Bertz CT molecular complexity index is 281. The van der Waals surface area contributed by atoms with Crippen molar-refractivity contribution in [3.05, 3.63) is 5.69 Å². The number of aromatic nitrogens is 2. The molecular weight excluding hydrogens is 220 g/mol. The molecule has 0 aliphatic carbocycles. The van der Waals surface area contributed by atoms with Crippen LogP contribution in [0, 0.1) is 0 Å². The summed E-state index contributed by atoms with van der Waals surface area (Å²) in [5, 5.41) is 8.64. The molecule has 1 heterocycles. The lowest BCUT2D eigenvalue weighted by atomic mass is 10.3. The van der Waals surface area contributed by atoms with E-state index in [9.17, 15) is 0 Å². The Morgan fingerprint density at radius 3 is 2.44 bits per heavy atom. The van der Waals surface area contributed by atoms with Gasteiger partial charge in [-0.2, -0.15) is 0 Å². The highest BCUT2D eigenvalue weighted by molar-refractivity contribution is 7.10. The molecule has 0 fully saturated rings. The normalized spacial score (nSPS) is 11.0. The van der Waals surface area contributed by atoms with Crippen LogP contribution in [0.4, 0.5) is 5.00 Å². The molecule has 1 rings (SSSR count). The molecular formula is C11H22N4S. The van der Waals surface area contributed by atoms with Crippen LogP contribution in [0.15, 0.2) is 0 Å². The summed E-state index contributed by atoms with van der Waals surface area (Å²) in [5.74, 6) is 0. The second-order valence-electron chi connectivity index (χ2n) is 3.86. The van der Waals surface area contributed by atoms with Crippen molar-refractivity contribution in [2.45, 2.75) is 40.2 Å². The first-order chi connectivity index (χ1) is 7.81. The Labute approximate surface area is 102 Å². The molecule has 0 spiro atoms. The fraction of sp³-hybridized carbons (Fsp3) is 0.818. The zero-order chi connectivity index (χ0) is 11.8. The van der Waals surface area contributed by atoms with E-state index < -0.39 is 0 Å². The van der Waals surface area contributed by atoms with E-state index in [2.05, 4.69) is 40.6 Å². The predicted octanol–water partition coefficient (Wildman–Crippen LogP) is 2.59. The average molecular weight is 242 g/mol. The molecule has 4 nitrogen and oxygen atoms in total. The van der Waals surface area contributed by atoms with Gasteiger partial charge in [0.2, 0.25) is 0 Å². The van der Waals surface area contributed by atoms with Crippen molar-refractivity contribution >= 4 is 16.5 Å². The molecule has 1 aromatic rings. The number of nitrogens with one attached hydrogen (secondary N) is 1. The summed E-state index contributed by atoms with van der Waals surface area (Å²) >= 11 is 1.45. The number of hydrogen-bond acceptors (Lipinski definition) is 5. The summed E-state index contributed by atoms with van der Waals surface area (Å²) < 4.78 is 4.02. The molecule has 0 aliphatic rings. The van der Waals surface area contributed by atoms with E-state index in [1.807, 2.05) is 0 Å². The molecule has 0 amide bonds. The first-order valence-electron chi connectivity index (χ1n) is 6.09. The lowest BCUT2D eigenvalue weighted by Gasteiger charge is -2.19. The van der Waals surface area contributed by atoms with Gasteiger partial charge in [-0.05, 0) is 32.9 Å². The largest absolute Gasteiger partial charge is 0.374 e. The van der Waals surface area contributed by atoms with Gasteiger partial charge in [0.25, 0.3) is 0 Å². The van der Waals surface area contributed by atoms with Crippen molar-refractivity contribution in [2.24, 2.45) is 0 Å². The number of hydrogen-bond donors (Lipinski definition) is 1. The Morgan fingerprint density at radius 2 is 1.88 bits per heavy atom. The standard InChI is InChI=1S/C11H22N4S/c1-4-7-15(8-5-2)9-10-11(12-6-3)16-14-13-10/h12H,4-9H2,1-3H3. The van der Waals surface area contributed by atoms with Crippen molar-refractivity contribution in [1.29, 1.82) is 0 Å². The monoisotopic (exact) mass is 242 g/mol. The molecule has 0 aliphatic heterocycles. The third kappa shape index (κ3) is 4.06. The molecule has 1 N–H and O–H groups in total. The lowest BCUT2D eigenvalue weighted by Crippen LogP contribution is -2.25. The Balaban J connectivity index is 2.57. The Hall–Kier alpha value is -0.680. The van der Waals surface area contributed by atoms with Gasteiger partial charge < -0.3 is 5.32 Å². The summed E-state index contributed by atoms with van der Waals surface area (Å²) in [7, 11) is 0. The van der Waals surface area contributed by atoms with Gasteiger partial charge in [-0.1, -0.05) is 18.3 Å². The zero-order valence-corrected chi connectivity index (χ0v) is 11.3. The molecule has 5 heteroatoms. The average Bonchev–Trinajstić information content (AvgIpc) is 2.67. The van der Waals surface area contributed by atoms with E-state index in [1.165, 1.54) is 24.4 Å². The van der Waals surface area contributed by atoms with Crippen LogP contribution in [0.3, 0.4) is 0 Å². The van der Waals surface area contributed by atoms with Crippen LogP contribution in [-0.2, 0) is 6.54 Å². The molecule has 0 aromatic carbocycles. The Morgan fingerprint density at radius 1 is 1.19 bits per heavy atom. The minimum Gasteiger partial charge on any atom is -0.374 e. The summed E-state index contributed by atoms with van der Waals surface area (Å²) in [4.78, 5) is 2.44.